The lowest BCUT2D eigenvalue weighted by Gasteiger charge is -2.16. The molecule has 0 heterocycles. The summed E-state index contributed by atoms with van der Waals surface area (Å²) in [6, 6.07) is -2.02. The second kappa shape index (κ2) is 7.75. The maximum atomic E-state index is 11.5. The lowest BCUT2D eigenvalue weighted by atomic mass is 10.1. The fraction of sp³-hybridized carbons (Fsp3) is 0.700. The number of ketones is 1. The summed E-state index contributed by atoms with van der Waals surface area (Å²) in [5.74, 6) is -2.14. The number of carboxylic acids is 1. The Labute approximate surface area is 99.5 Å². The summed E-state index contributed by atoms with van der Waals surface area (Å²) in [6.07, 6.45) is 0.721. The largest absolute Gasteiger partial charge is 0.480 e. The topological polar surface area (TPSA) is 136 Å². The molecule has 2 atom stereocenters. The Bertz CT molecular complexity index is 293. The zero-order chi connectivity index (χ0) is 13.4. The summed E-state index contributed by atoms with van der Waals surface area (Å²) in [7, 11) is 0. The maximum Gasteiger partial charge on any atom is 0.326 e. The second-order valence-electron chi connectivity index (χ2n) is 3.84. The van der Waals surface area contributed by atoms with Gasteiger partial charge in [-0.15, -0.1) is 0 Å². The molecular weight excluding hydrogens is 226 g/mol. The predicted octanol–water partition coefficient (Wildman–Crippen LogP) is -1.40. The molecule has 0 unspecified atom stereocenters. The van der Waals surface area contributed by atoms with Crippen molar-refractivity contribution in [2.75, 3.05) is 6.54 Å². The van der Waals surface area contributed by atoms with Crippen LogP contribution in [0.4, 0.5) is 0 Å². The van der Waals surface area contributed by atoms with E-state index in [2.05, 4.69) is 5.32 Å². The Morgan fingerprint density at radius 1 is 1.35 bits per heavy atom. The lowest BCUT2D eigenvalue weighted by molar-refractivity contribution is -0.143. The number of carbonyl (C=O) groups excluding carboxylic acids is 2. The van der Waals surface area contributed by atoms with E-state index >= 15 is 0 Å². The average Bonchev–Trinajstić information content (AvgIpc) is 2.23. The number of aliphatic carboxylic acids is 1. The molecule has 0 aliphatic carbocycles. The minimum absolute atomic E-state index is 0.245. The number of nitrogens with one attached hydrogen (secondary N) is 1. The van der Waals surface area contributed by atoms with Crippen LogP contribution >= 0.6 is 0 Å². The third kappa shape index (κ3) is 6.64. The van der Waals surface area contributed by atoms with E-state index in [0.29, 0.717) is 19.4 Å². The summed E-state index contributed by atoms with van der Waals surface area (Å²) in [6.45, 7) is 1.67. The molecule has 0 spiro atoms. The van der Waals surface area contributed by atoms with Crippen LogP contribution in [0.1, 0.15) is 26.2 Å². The minimum atomic E-state index is -1.25. The quantitative estimate of drug-likeness (QED) is 0.415. The summed E-state index contributed by atoms with van der Waals surface area (Å²) in [4.78, 5) is 33.1. The fourth-order valence-corrected chi connectivity index (χ4v) is 1.24. The van der Waals surface area contributed by atoms with Gasteiger partial charge in [0.2, 0.25) is 5.91 Å². The van der Waals surface area contributed by atoms with E-state index in [1.807, 2.05) is 0 Å². The highest BCUT2D eigenvalue weighted by molar-refractivity contribution is 5.90. The minimum Gasteiger partial charge on any atom is -0.480 e. The Kier molecular flexibility index (Phi) is 7.08. The van der Waals surface area contributed by atoms with E-state index in [-0.39, 0.29) is 12.2 Å². The van der Waals surface area contributed by atoms with Gasteiger partial charge in [-0.3, -0.25) is 9.59 Å². The van der Waals surface area contributed by atoms with Gasteiger partial charge in [-0.1, -0.05) is 0 Å². The van der Waals surface area contributed by atoms with E-state index in [1.54, 1.807) is 0 Å². The number of nitrogens with two attached hydrogens (primary N) is 2. The molecule has 0 aromatic heterocycles. The van der Waals surface area contributed by atoms with Crippen molar-refractivity contribution in [2.24, 2.45) is 11.5 Å². The summed E-state index contributed by atoms with van der Waals surface area (Å²) in [5, 5.41) is 11.0. The highest BCUT2D eigenvalue weighted by Crippen LogP contribution is 1.98. The van der Waals surface area contributed by atoms with Gasteiger partial charge in [0.1, 0.15) is 11.8 Å². The molecule has 0 bridgehead atoms. The first-order valence-corrected chi connectivity index (χ1v) is 5.36. The number of carbonyl (C=O) groups is 3. The second-order valence-corrected chi connectivity index (χ2v) is 3.84. The van der Waals surface area contributed by atoms with E-state index in [4.69, 9.17) is 16.6 Å². The first-order chi connectivity index (χ1) is 7.88. The van der Waals surface area contributed by atoms with Gasteiger partial charge in [0.25, 0.3) is 0 Å². The van der Waals surface area contributed by atoms with Gasteiger partial charge in [0.15, 0.2) is 0 Å². The zero-order valence-corrected chi connectivity index (χ0v) is 9.81. The van der Waals surface area contributed by atoms with Crippen LogP contribution in [0.15, 0.2) is 0 Å². The first-order valence-electron chi connectivity index (χ1n) is 5.36. The van der Waals surface area contributed by atoms with Crippen molar-refractivity contribution in [1.29, 1.82) is 0 Å². The molecule has 0 saturated carbocycles. The van der Waals surface area contributed by atoms with Crippen LogP contribution in [0.3, 0.4) is 0 Å². The van der Waals surface area contributed by atoms with Crippen LogP contribution in [0.5, 0.6) is 0 Å². The molecule has 7 nitrogen and oxygen atoms in total. The smallest absolute Gasteiger partial charge is 0.326 e. The molecule has 0 saturated heterocycles. The predicted molar refractivity (Wildman–Crippen MR) is 61.1 cm³/mol. The molecular formula is C10H19N3O4. The molecule has 0 aromatic rings. The van der Waals surface area contributed by atoms with Crippen molar-refractivity contribution < 1.29 is 19.5 Å². The molecule has 0 radical (unpaired) electrons. The summed E-state index contributed by atoms with van der Waals surface area (Å²) in [5.41, 5.74) is 10.8. The molecule has 0 rings (SSSR count). The molecule has 0 fully saturated rings. The van der Waals surface area contributed by atoms with Crippen LogP contribution in [0, 0.1) is 0 Å². The van der Waals surface area contributed by atoms with Crippen molar-refractivity contribution in [3.8, 4) is 0 Å². The van der Waals surface area contributed by atoms with Gasteiger partial charge < -0.3 is 21.9 Å². The SMILES string of the molecule is CC(=O)C[C@@H](NC(=O)[C@@H](N)CCCN)C(=O)O. The number of rotatable bonds is 8. The molecule has 6 N–H and O–H groups in total. The Hall–Kier alpha value is -1.47. The third-order valence-corrected chi connectivity index (χ3v) is 2.16. The molecule has 0 aliphatic heterocycles. The molecule has 0 aliphatic rings. The molecule has 98 valence electrons. The standard InChI is InChI=1S/C10H19N3O4/c1-6(14)5-8(10(16)17)13-9(15)7(12)3-2-4-11/h7-8H,2-5,11-12H2,1H3,(H,13,15)(H,16,17)/t7-,8+/m0/s1. The van der Waals surface area contributed by atoms with Gasteiger partial charge >= 0.3 is 5.97 Å². The molecule has 17 heavy (non-hydrogen) atoms. The highest BCUT2D eigenvalue weighted by atomic mass is 16.4. The number of hydrogen-bond donors (Lipinski definition) is 4. The molecule has 7 heteroatoms. The van der Waals surface area contributed by atoms with Crippen molar-refractivity contribution in [2.45, 2.75) is 38.3 Å². The summed E-state index contributed by atoms with van der Waals surface area (Å²) >= 11 is 0. The van der Waals surface area contributed by atoms with Gasteiger partial charge in [0.05, 0.1) is 6.04 Å². The maximum absolute atomic E-state index is 11.5. The number of Topliss-reactive ketones (excluding diaryl/α,β-unsaturated/α-hetero) is 1. The Balaban J connectivity index is 4.29. The van der Waals surface area contributed by atoms with E-state index in [1.165, 1.54) is 6.92 Å². The van der Waals surface area contributed by atoms with Crippen molar-refractivity contribution in [3.05, 3.63) is 0 Å². The number of hydrogen-bond acceptors (Lipinski definition) is 5. The van der Waals surface area contributed by atoms with Gasteiger partial charge in [-0.2, -0.15) is 0 Å². The van der Waals surface area contributed by atoms with Crippen LogP contribution in [-0.2, 0) is 14.4 Å². The van der Waals surface area contributed by atoms with E-state index < -0.39 is 24.0 Å². The van der Waals surface area contributed by atoms with Gasteiger partial charge in [-0.25, -0.2) is 4.79 Å². The average molecular weight is 245 g/mol. The van der Waals surface area contributed by atoms with Crippen LogP contribution < -0.4 is 16.8 Å². The fourth-order valence-electron chi connectivity index (χ4n) is 1.24. The van der Waals surface area contributed by atoms with Crippen molar-refractivity contribution >= 4 is 17.7 Å². The van der Waals surface area contributed by atoms with Crippen LogP contribution in [0.25, 0.3) is 0 Å². The van der Waals surface area contributed by atoms with Gasteiger partial charge in [0, 0.05) is 6.42 Å². The van der Waals surface area contributed by atoms with Gasteiger partial charge in [-0.05, 0) is 26.3 Å². The third-order valence-electron chi connectivity index (χ3n) is 2.16. The highest BCUT2D eigenvalue weighted by Gasteiger charge is 2.24. The van der Waals surface area contributed by atoms with Crippen LogP contribution in [0.2, 0.25) is 0 Å². The number of amides is 1. The summed E-state index contributed by atoms with van der Waals surface area (Å²) < 4.78 is 0. The zero-order valence-electron chi connectivity index (χ0n) is 9.81. The lowest BCUT2D eigenvalue weighted by Crippen LogP contribution is -2.49. The normalized spacial score (nSPS) is 13.8. The Morgan fingerprint density at radius 2 is 1.94 bits per heavy atom. The van der Waals surface area contributed by atoms with E-state index in [9.17, 15) is 14.4 Å². The van der Waals surface area contributed by atoms with Crippen LogP contribution in [-0.4, -0.2) is 41.4 Å². The Morgan fingerprint density at radius 3 is 2.35 bits per heavy atom. The van der Waals surface area contributed by atoms with Crippen molar-refractivity contribution in [1.82, 2.24) is 5.32 Å². The molecule has 0 aromatic carbocycles. The van der Waals surface area contributed by atoms with Crippen molar-refractivity contribution in [3.63, 3.8) is 0 Å². The molecule has 1 amide bonds. The monoisotopic (exact) mass is 245 g/mol. The number of carboxylic acid groups (broad SMARTS) is 1. The van der Waals surface area contributed by atoms with E-state index in [0.717, 1.165) is 0 Å². The first kappa shape index (κ1) is 15.5.